The molecule has 1 aliphatic rings. The lowest BCUT2D eigenvalue weighted by atomic mass is 9.77. The van der Waals surface area contributed by atoms with Crippen molar-refractivity contribution < 1.29 is 14.4 Å². The maximum absolute atomic E-state index is 9.67. The van der Waals surface area contributed by atoms with Gasteiger partial charge in [0.1, 0.15) is 0 Å². The van der Waals surface area contributed by atoms with E-state index in [0.29, 0.717) is 11.2 Å². The van der Waals surface area contributed by atoms with E-state index in [9.17, 15) is 5.11 Å². The van der Waals surface area contributed by atoms with Crippen LogP contribution in [0.3, 0.4) is 0 Å². The molecular weight excluding hydrogens is 265 g/mol. The lowest BCUT2D eigenvalue weighted by molar-refractivity contribution is 0.00578. The number of nitrogens with two attached hydrogens (primary N) is 1. The molecule has 0 bridgehead atoms. The Morgan fingerprint density at radius 2 is 1.76 bits per heavy atom. The molecule has 0 spiro atoms. The summed E-state index contributed by atoms with van der Waals surface area (Å²) in [5.74, 6) is 0. The van der Waals surface area contributed by atoms with Gasteiger partial charge in [-0.2, -0.15) is 0 Å². The molecule has 4 nitrogen and oxygen atoms in total. The maximum Gasteiger partial charge on any atom is 0.492 e. The van der Waals surface area contributed by atoms with Crippen LogP contribution in [0, 0.1) is 6.92 Å². The van der Waals surface area contributed by atoms with Gasteiger partial charge in [-0.3, -0.25) is 0 Å². The zero-order valence-electron chi connectivity index (χ0n) is 13.4. The normalized spacial score (nSPS) is 20.9. The summed E-state index contributed by atoms with van der Waals surface area (Å²) < 4.78 is 11.9. The minimum Gasteiger partial charge on any atom is -0.400 e. The summed E-state index contributed by atoms with van der Waals surface area (Å²) in [6, 6.07) is 5.79. The highest BCUT2D eigenvalue weighted by Crippen LogP contribution is 2.38. The fourth-order valence-electron chi connectivity index (χ4n) is 2.32. The van der Waals surface area contributed by atoms with Crippen molar-refractivity contribution in [2.24, 2.45) is 0 Å². The highest BCUT2D eigenvalue weighted by Gasteiger charge is 2.52. The van der Waals surface area contributed by atoms with Gasteiger partial charge in [0.2, 0.25) is 0 Å². The summed E-state index contributed by atoms with van der Waals surface area (Å²) in [6.07, 6.45) is 1.88. The van der Waals surface area contributed by atoms with E-state index in [1.54, 1.807) is 0 Å². The van der Waals surface area contributed by atoms with Crippen molar-refractivity contribution in [2.45, 2.75) is 45.8 Å². The van der Waals surface area contributed by atoms with Crippen LogP contribution in [0.1, 0.15) is 38.8 Å². The number of aryl methyl sites for hydroxylation is 1. The third-order valence-corrected chi connectivity index (χ3v) is 4.21. The van der Waals surface area contributed by atoms with Crippen molar-refractivity contribution in [1.29, 1.82) is 0 Å². The second-order valence-corrected chi connectivity index (χ2v) is 6.64. The van der Waals surface area contributed by atoms with Crippen LogP contribution in [0.15, 0.2) is 23.7 Å². The Morgan fingerprint density at radius 3 is 2.24 bits per heavy atom. The first kappa shape index (κ1) is 16.1. The smallest absolute Gasteiger partial charge is 0.400 e. The monoisotopic (exact) mass is 289 g/mol. The van der Waals surface area contributed by atoms with E-state index < -0.39 is 18.3 Å². The van der Waals surface area contributed by atoms with Gasteiger partial charge in [-0.15, -0.1) is 0 Å². The lowest BCUT2D eigenvalue weighted by Gasteiger charge is -2.32. The number of rotatable bonds is 3. The van der Waals surface area contributed by atoms with Gasteiger partial charge < -0.3 is 20.1 Å². The zero-order chi connectivity index (χ0) is 15.8. The van der Waals surface area contributed by atoms with Crippen LogP contribution in [0.5, 0.6) is 0 Å². The summed E-state index contributed by atoms with van der Waals surface area (Å²) in [7, 11) is -0.540. The molecule has 5 heteroatoms. The van der Waals surface area contributed by atoms with E-state index in [4.69, 9.17) is 15.0 Å². The van der Waals surface area contributed by atoms with Gasteiger partial charge in [-0.1, -0.05) is 12.1 Å². The summed E-state index contributed by atoms with van der Waals surface area (Å²) in [4.78, 5) is 0. The molecule has 0 unspecified atom stereocenters. The Kier molecular flexibility index (Phi) is 4.20. The molecule has 2 rings (SSSR count). The van der Waals surface area contributed by atoms with Crippen LogP contribution in [0.25, 0.3) is 6.08 Å². The molecule has 3 N–H and O–H groups in total. The molecule has 114 valence electrons. The topological polar surface area (TPSA) is 64.7 Å². The average Bonchev–Trinajstić information content (AvgIpc) is 2.54. The highest BCUT2D eigenvalue weighted by atomic mass is 16.7. The van der Waals surface area contributed by atoms with Crippen molar-refractivity contribution in [3.05, 3.63) is 34.8 Å². The minimum absolute atomic E-state index is 0.120. The van der Waals surface area contributed by atoms with Crippen molar-refractivity contribution in [2.75, 3.05) is 12.3 Å². The Labute approximate surface area is 127 Å². The minimum atomic E-state index is -0.540. The number of benzene rings is 1. The second-order valence-electron chi connectivity index (χ2n) is 6.64. The standard InChI is InChI=1S/C16H24BNO3/c1-11-6-12(9-14(18)7-11)8-13(10-19)17-20-15(2,3)16(4,5)21-17/h6-9,19H,10,18H2,1-5H3. The number of aliphatic hydroxyl groups is 1. The van der Waals surface area contributed by atoms with Crippen molar-refractivity contribution in [3.8, 4) is 0 Å². The molecule has 0 radical (unpaired) electrons. The molecule has 1 aromatic rings. The molecule has 0 atom stereocenters. The van der Waals surface area contributed by atoms with Crippen LogP contribution < -0.4 is 5.73 Å². The quantitative estimate of drug-likeness (QED) is 0.663. The SMILES string of the molecule is Cc1cc(N)cc(C=C(CO)B2OC(C)(C)C(C)(C)O2)c1. The number of aliphatic hydroxyl groups excluding tert-OH is 1. The van der Waals surface area contributed by atoms with Crippen molar-refractivity contribution in [1.82, 2.24) is 0 Å². The molecule has 1 saturated heterocycles. The number of anilines is 1. The van der Waals surface area contributed by atoms with Crippen LogP contribution in [0.4, 0.5) is 5.69 Å². The molecule has 1 heterocycles. The lowest BCUT2D eigenvalue weighted by Crippen LogP contribution is -2.41. The van der Waals surface area contributed by atoms with E-state index >= 15 is 0 Å². The third kappa shape index (κ3) is 3.31. The second kappa shape index (κ2) is 5.48. The number of nitrogen functional groups attached to an aromatic ring is 1. The molecule has 1 aromatic carbocycles. The van der Waals surface area contributed by atoms with Gasteiger partial charge in [-0.25, -0.2) is 0 Å². The molecular formula is C16H24BNO3. The first-order valence-electron chi connectivity index (χ1n) is 7.19. The molecule has 0 aliphatic carbocycles. The summed E-state index contributed by atoms with van der Waals surface area (Å²) >= 11 is 0. The molecule has 0 amide bonds. The van der Waals surface area contributed by atoms with Crippen LogP contribution in [-0.4, -0.2) is 30.0 Å². The molecule has 1 aliphatic heterocycles. The largest absolute Gasteiger partial charge is 0.492 e. The van der Waals surface area contributed by atoms with E-state index in [1.165, 1.54) is 0 Å². The average molecular weight is 289 g/mol. The van der Waals surface area contributed by atoms with Gasteiger partial charge in [0, 0.05) is 5.69 Å². The van der Waals surface area contributed by atoms with Crippen molar-refractivity contribution in [3.63, 3.8) is 0 Å². The van der Waals surface area contributed by atoms with Gasteiger partial charge in [0.05, 0.1) is 17.8 Å². The Morgan fingerprint density at radius 1 is 1.19 bits per heavy atom. The summed E-state index contributed by atoms with van der Waals surface area (Å²) in [5.41, 5.74) is 8.43. The van der Waals surface area contributed by atoms with E-state index in [2.05, 4.69) is 0 Å². The van der Waals surface area contributed by atoms with Gasteiger partial charge in [0.15, 0.2) is 0 Å². The predicted octanol–water partition coefficient (Wildman–Crippen LogP) is 2.58. The Balaban J connectivity index is 2.30. The van der Waals surface area contributed by atoms with Gasteiger partial charge >= 0.3 is 7.12 Å². The van der Waals surface area contributed by atoms with Gasteiger partial charge in [0.25, 0.3) is 0 Å². The Bertz CT molecular complexity index is 530. The van der Waals surface area contributed by atoms with E-state index in [1.807, 2.05) is 58.9 Å². The summed E-state index contributed by atoms with van der Waals surface area (Å²) in [6.45, 7) is 9.84. The number of hydrogen-bond acceptors (Lipinski definition) is 4. The molecule has 1 fully saturated rings. The highest BCUT2D eigenvalue weighted by molar-refractivity contribution is 6.55. The zero-order valence-corrected chi connectivity index (χ0v) is 13.4. The van der Waals surface area contributed by atoms with Crippen molar-refractivity contribution >= 4 is 18.9 Å². The van der Waals surface area contributed by atoms with Crippen LogP contribution in [-0.2, 0) is 9.31 Å². The molecule has 0 saturated carbocycles. The van der Waals surface area contributed by atoms with E-state index in [0.717, 1.165) is 11.1 Å². The first-order chi connectivity index (χ1) is 9.64. The maximum atomic E-state index is 9.67. The fraction of sp³-hybridized carbons (Fsp3) is 0.500. The predicted molar refractivity (Wildman–Crippen MR) is 86.7 cm³/mol. The van der Waals surface area contributed by atoms with E-state index in [-0.39, 0.29) is 6.61 Å². The molecule has 21 heavy (non-hydrogen) atoms. The van der Waals surface area contributed by atoms with Crippen LogP contribution >= 0.6 is 0 Å². The van der Waals surface area contributed by atoms with Crippen LogP contribution in [0.2, 0.25) is 0 Å². The fourth-order valence-corrected chi connectivity index (χ4v) is 2.32. The Hall–Kier alpha value is -1.30. The third-order valence-electron chi connectivity index (χ3n) is 4.21. The molecule has 0 aromatic heterocycles. The van der Waals surface area contributed by atoms with Gasteiger partial charge in [-0.05, 0) is 63.4 Å². The summed E-state index contributed by atoms with van der Waals surface area (Å²) in [5, 5.41) is 9.67. The first-order valence-corrected chi connectivity index (χ1v) is 7.19. The number of hydrogen-bond donors (Lipinski definition) is 2.